The Morgan fingerprint density at radius 3 is 2.33 bits per heavy atom. The Labute approximate surface area is 213 Å². The maximum absolute atomic E-state index is 12.4. The fraction of sp³-hybridized carbons (Fsp3) is 0.192. The van der Waals surface area contributed by atoms with Crippen LogP contribution in [0.1, 0.15) is 5.56 Å². The standard InChI is InChI=1S/C26H24ClN7O2/c27-21-9-6-10-22(17-21)31-13-15-32(16-14-31)25-24(34(35)36)26(30-19-29-25)33(23-11-4-5-12-28-23)18-20-7-2-1-3-8-20/h1-12,17,19H,13-16,18H2. The van der Waals surface area contributed by atoms with Gasteiger partial charge in [-0.15, -0.1) is 0 Å². The summed E-state index contributed by atoms with van der Waals surface area (Å²) in [5.74, 6) is 1.09. The zero-order valence-electron chi connectivity index (χ0n) is 19.4. The molecule has 0 bridgehead atoms. The number of nitrogens with zero attached hydrogens (tertiary/aromatic N) is 7. The molecule has 3 heterocycles. The topological polar surface area (TPSA) is 91.5 Å². The first-order valence-corrected chi connectivity index (χ1v) is 12.0. The van der Waals surface area contributed by atoms with E-state index in [1.54, 1.807) is 11.1 Å². The number of hydrogen-bond acceptors (Lipinski definition) is 8. The highest BCUT2D eigenvalue weighted by atomic mass is 35.5. The average molecular weight is 502 g/mol. The van der Waals surface area contributed by atoms with Gasteiger partial charge in [-0.3, -0.25) is 10.1 Å². The number of anilines is 4. The first-order chi connectivity index (χ1) is 17.6. The molecule has 4 aromatic rings. The molecule has 0 saturated carbocycles. The fourth-order valence-corrected chi connectivity index (χ4v) is 4.53. The second kappa shape index (κ2) is 10.6. The average Bonchev–Trinajstić information content (AvgIpc) is 2.92. The van der Waals surface area contributed by atoms with Crippen molar-refractivity contribution in [3.63, 3.8) is 0 Å². The van der Waals surface area contributed by atoms with E-state index in [1.807, 2.05) is 77.7 Å². The smallest absolute Gasteiger partial charge is 0.354 e. The van der Waals surface area contributed by atoms with Gasteiger partial charge in [0.05, 0.1) is 11.5 Å². The lowest BCUT2D eigenvalue weighted by molar-refractivity contribution is -0.383. The zero-order chi connectivity index (χ0) is 24.9. The van der Waals surface area contributed by atoms with Gasteiger partial charge < -0.3 is 14.7 Å². The summed E-state index contributed by atoms with van der Waals surface area (Å²) in [7, 11) is 0. The van der Waals surface area contributed by atoms with Crippen molar-refractivity contribution < 1.29 is 4.92 Å². The van der Waals surface area contributed by atoms with Crippen molar-refractivity contribution in [1.29, 1.82) is 0 Å². The van der Waals surface area contributed by atoms with E-state index in [1.165, 1.54) is 6.33 Å². The third-order valence-electron chi connectivity index (χ3n) is 6.08. The van der Waals surface area contributed by atoms with Gasteiger partial charge in [0.15, 0.2) is 0 Å². The first-order valence-electron chi connectivity index (χ1n) is 11.6. The molecule has 0 unspecified atom stereocenters. The van der Waals surface area contributed by atoms with Crippen LogP contribution in [0, 0.1) is 10.1 Å². The molecule has 0 radical (unpaired) electrons. The molecule has 0 aliphatic carbocycles. The van der Waals surface area contributed by atoms with E-state index < -0.39 is 4.92 Å². The van der Waals surface area contributed by atoms with Crippen LogP contribution in [-0.4, -0.2) is 46.1 Å². The molecule has 0 spiro atoms. The monoisotopic (exact) mass is 501 g/mol. The van der Waals surface area contributed by atoms with Crippen molar-refractivity contribution in [1.82, 2.24) is 15.0 Å². The van der Waals surface area contributed by atoms with Crippen LogP contribution in [0.5, 0.6) is 0 Å². The molecular formula is C26H24ClN7O2. The van der Waals surface area contributed by atoms with Crippen LogP contribution in [0.2, 0.25) is 5.02 Å². The zero-order valence-corrected chi connectivity index (χ0v) is 20.2. The van der Waals surface area contributed by atoms with Crippen molar-refractivity contribution in [2.45, 2.75) is 6.54 Å². The van der Waals surface area contributed by atoms with Crippen LogP contribution in [0.25, 0.3) is 0 Å². The lowest BCUT2D eigenvalue weighted by Gasteiger charge is -2.36. The molecule has 1 aliphatic rings. The summed E-state index contributed by atoms with van der Waals surface area (Å²) in [4.78, 5) is 31.2. The number of pyridine rings is 1. The Hall–Kier alpha value is -4.24. The van der Waals surface area contributed by atoms with E-state index in [0.717, 1.165) is 11.3 Å². The van der Waals surface area contributed by atoms with Gasteiger partial charge in [0.25, 0.3) is 0 Å². The van der Waals surface area contributed by atoms with E-state index in [-0.39, 0.29) is 11.5 Å². The Balaban J connectivity index is 1.48. The predicted molar refractivity (Wildman–Crippen MR) is 141 cm³/mol. The van der Waals surface area contributed by atoms with Crippen molar-refractivity contribution >= 4 is 40.4 Å². The van der Waals surface area contributed by atoms with Crippen molar-refractivity contribution in [2.75, 3.05) is 40.9 Å². The van der Waals surface area contributed by atoms with E-state index >= 15 is 0 Å². The van der Waals surface area contributed by atoms with Crippen molar-refractivity contribution in [3.8, 4) is 0 Å². The highest BCUT2D eigenvalue weighted by molar-refractivity contribution is 6.30. The van der Waals surface area contributed by atoms with E-state index in [4.69, 9.17) is 11.6 Å². The van der Waals surface area contributed by atoms with E-state index in [9.17, 15) is 10.1 Å². The third-order valence-corrected chi connectivity index (χ3v) is 6.32. The first kappa shape index (κ1) is 23.5. The van der Waals surface area contributed by atoms with Crippen LogP contribution < -0.4 is 14.7 Å². The molecule has 36 heavy (non-hydrogen) atoms. The summed E-state index contributed by atoms with van der Waals surface area (Å²) < 4.78 is 0. The van der Waals surface area contributed by atoms with Crippen LogP contribution >= 0.6 is 11.6 Å². The molecule has 10 heteroatoms. The number of hydrogen-bond donors (Lipinski definition) is 0. The van der Waals surface area contributed by atoms with Gasteiger partial charge in [0.1, 0.15) is 12.1 Å². The number of piperazine rings is 1. The minimum atomic E-state index is -0.394. The quantitative estimate of drug-likeness (QED) is 0.255. The number of aromatic nitrogens is 3. The molecule has 5 rings (SSSR count). The summed E-state index contributed by atoms with van der Waals surface area (Å²) in [5, 5.41) is 13.1. The van der Waals surface area contributed by atoms with Crippen molar-refractivity contribution in [3.05, 3.63) is 106 Å². The molecule has 2 aromatic heterocycles. The van der Waals surface area contributed by atoms with Gasteiger partial charge >= 0.3 is 5.69 Å². The number of rotatable bonds is 7. The molecule has 9 nitrogen and oxygen atoms in total. The van der Waals surface area contributed by atoms with Crippen LogP contribution in [-0.2, 0) is 6.54 Å². The fourth-order valence-electron chi connectivity index (χ4n) is 4.35. The Morgan fingerprint density at radius 1 is 0.889 bits per heavy atom. The highest BCUT2D eigenvalue weighted by Gasteiger charge is 2.32. The molecule has 2 aromatic carbocycles. The molecule has 182 valence electrons. The van der Waals surface area contributed by atoms with Crippen LogP contribution in [0.15, 0.2) is 85.3 Å². The molecule has 0 atom stereocenters. The molecule has 1 fully saturated rings. The maximum atomic E-state index is 12.4. The molecule has 0 N–H and O–H groups in total. The maximum Gasteiger partial charge on any atom is 0.354 e. The number of nitro groups is 1. The van der Waals surface area contributed by atoms with E-state index in [0.29, 0.717) is 49.4 Å². The highest BCUT2D eigenvalue weighted by Crippen LogP contribution is 2.38. The molecule has 1 aliphatic heterocycles. The van der Waals surface area contributed by atoms with Gasteiger partial charge in [-0.25, -0.2) is 15.0 Å². The number of benzene rings is 2. The predicted octanol–water partition coefficient (Wildman–Crippen LogP) is 5.10. The largest absolute Gasteiger partial charge is 0.368 e. The summed E-state index contributed by atoms with van der Waals surface area (Å²) in [6.45, 7) is 2.89. The summed E-state index contributed by atoms with van der Waals surface area (Å²) in [6, 6.07) is 22.9. The summed E-state index contributed by atoms with van der Waals surface area (Å²) >= 11 is 6.16. The Bertz CT molecular complexity index is 1330. The Kier molecular flexibility index (Phi) is 6.90. The van der Waals surface area contributed by atoms with Crippen LogP contribution in [0.3, 0.4) is 0 Å². The minimum absolute atomic E-state index is 0.129. The lowest BCUT2D eigenvalue weighted by atomic mass is 10.2. The third kappa shape index (κ3) is 5.06. The van der Waals surface area contributed by atoms with Gasteiger partial charge in [0, 0.05) is 43.1 Å². The van der Waals surface area contributed by atoms with Gasteiger partial charge in [0.2, 0.25) is 11.6 Å². The lowest BCUT2D eigenvalue weighted by Crippen LogP contribution is -2.47. The molecule has 1 saturated heterocycles. The SMILES string of the molecule is O=[N+]([O-])c1c(N2CCN(c3cccc(Cl)c3)CC2)ncnc1N(Cc1ccccc1)c1ccccn1. The normalized spacial score (nSPS) is 13.5. The van der Waals surface area contributed by atoms with Gasteiger partial charge in [-0.1, -0.05) is 54.1 Å². The second-order valence-corrected chi connectivity index (χ2v) is 8.78. The van der Waals surface area contributed by atoms with Crippen LogP contribution in [0.4, 0.5) is 28.8 Å². The van der Waals surface area contributed by atoms with Gasteiger partial charge in [-0.05, 0) is 35.9 Å². The minimum Gasteiger partial charge on any atom is -0.368 e. The van der Waals surface area contributed by atoms with Gasteiger partial charge in [-0.2, -0.15) is 0 Å². The Morgan fingerprint density at radius 2 is 1.64 bits per heavy atom. The summed E-state index contributed by atoms with van der Waals surface area (Å²) in [6.07, 6.45) is 3.05. The van der Waals surface area contributed by atoms with E-state index in [2.05, 4.69) is 19.9 Å². The summed E-state index contributed by atoms with van der Waals surface area (Å²) in [5.41, 5.74) is 1.88. The second-order valence-electron chi connectivity index (χ2n) is 8.34. The molecule has 0 amide bonds. The molecular weight excluding hydrogens is 478 g/mol. The van der Waals surface area contributed by atoms with Crippen molar-refractivity contribution in [2.24, 2.45) is 0 Å². The number of halogens is 1.